The summed E-state index contributed by atoms with van der Waals surface area (Å²) in [6.45, 7) is 10.4. The SMILES string of the molecule is CC.CCC.CO[C@H](C)CCSCc1cnc2ccccc2c1. The minimum Gasteiger partial charge on any atom is -0.382 e. The van der Waals surface area contributed by atoms with Crippen LogP contribution in [0.5, 0.6) is 0 Å². The van der Waals surface area contributed by atoms with Crippen molar-refractivity contribution in [1.29, 1.82) is 0 Å². The minimum absolute atomic E-state index is 0.354. The summed E-state index contributed by atoms with van der Waals surface area (Å²) in [7, 11) is 1.77. The van der Waals surface area contributed by atoms with Crippen LogP contribution in [-0.4, -0.2) is 24.0 Å². The molecule has 0 saturated heterocycles. The van der Waals surface area contributed by atoms with Crippen molar-refractivity contribution in [1.82, 2.24) is 4.98 Å². The van der Waals surface area contributed by atoms with Gasteiger partial charge in [-0.2, -0.15) is 11.8 Å². The number of aromatic nitrogens is 1. The second-order valence-electron chi connectivity index (χ2n) is 5.13. The molecule has 0 amide bonds. The second kappa shape index (κ2) is 14.5. The van der Waals surface area contributed by atoms with E-state index in [-0.39, 0.29) is 0 Å². The number of thioether (sulfide) groups is 1. The number of methoxy groups -OCH3 is 1. The lowest BCUT2D eigenvalue weighted by Crippen LogP contribution is -2.05. The van der Waals surface area contributed by atoms with Gasteiger partial charge in [-0.25, -0.2) is 0 Å². The van der Waals surface area contributed by atoms with E-state index in [0.29, 0.717) is 6.10 Å². The monoisotopic (exact) mass is 335 g/mol. The highest BCUT2D eigenvalue weighted by Crippen LogP contribution is 2.18. The third-order valence-electron chi connectivity index (χ3n) is 2.99. The Kier molecular flexibility index (Phi) is 13.9. The standard InChI is InChI=1S/C15H19NOS.C3H8.C2H6/c1-12(17-2)7-8-18-11-13-9-14-5-3-4-6-15(14)16-10-13;1-3-2;1-2/h3-6,9-10,12H,7-8,11H2,1-2H3;3H2,1-2H3;1-2H3/t12-;;/m1../s1. The van der Waals surface area contributed by atoms with Crippen LogP contribution in [0.1, 0.15) is 53.0 Å². The number of fused-ring (bicyclic) bond motifs is 1. The summed E-state index contributed by atoms with van der Waals surface area (Å²) in [5, 5.41) is 1.22. The first-order valence-electron chi connectivity index (χ1n) is 8.65. The van der Waals surface area contributed by atoms with Gasteiger partial charge in [0.15, 0.2) is 0 Å². The third kappa shape index (κ3) is 9.62. The first-order chi connectivity index (χ1) is 11.2. The fourth-order valence-corrected chi connectivity index (χ4v) is 2.79. The molecule has 2 nitrogen and oxygen atoms in total. The largest absolute Gasteiger partial charge is 0.382 e. The first kappa shape index (κ1) is 21.9. The van der Waals surface area contributed by atoms with Crippen molar-refractivity contribution in [2.75, 3.05) is 12.9 Å². The fraction of sp³-hybridized carbons (Fsp3) is 0.550. The van der Waals surface area contributed by atoms with Gasteiger partial charge in [-0.15, -0.1) is 0 Å². The van der Waals surface area contributed by atoms with Crippen molar-refractivity contribution < 1.29 is 4.74 Å². The van der Waals surface area contributed by atoms with Crippen LogP contribution in [0.15, 0.2) is 36.5 Å². The Balaban J connectivity index is 0.000000868. The average molecular weight is 336 g/mol. The molecule has 0 bridgehead atoms. The van der Waals surface area contributed by atoms with Crippen molar-refractivity contribution in [2.45, 2.75) is 59.3 Å². The van der Waals surface area contributed by atoms with E-state index < -0.39 is 0 Å². The van der Waals surface area contributed by atoms with Crippen LogP contribution >= 0.6 is 11.8 Å². The highest BCUT2D eigenvalue weighted by atomic mass is 32.2. The summed E-state index contributed by atoms with van der Waals surface area (Å²) in [5.74, 6) is 2.15. The molecule has 0 aliphatic heterocycles. The summed E-state index contributed by atoms with van der Waals surface area (Å²) < 4.78 is 5.23. The maximum Gasteiger partial charge on any atom is 0.0702 e. The normalized spacial score (nSPS) is 11.0. The Morgan fingerprint density at radius 3 is 2.48 bits per heavy atom. The summed E-state index contributed by atoms with van der Waals surface area (Å²) >= 11 is 1.94. The summed E-state index contributed by atoms with van der Waals surface area (Å²) in [4.78, 5) is 4.47. The molecule has 23 heavy (non-hydrogen) atoms. The van der Waals surface area contributed by atoms with Gasteiger partial charge in [-0.3, -0.25) is 4.98 Å². The van der Waals surface area contributed by atoms with Crippen LogP contribution < -0.4 is 0 Å². The van der Waals surface area contributed by atoms with E-state index >= 15 is 0 Å². The number of rotatable bonds is 6. The molecule has 0 aliphatic carbocycles. The minimum atomic E-state index is 0.354. The van der Waals surface area contributed by atoms with Gasteiger partial charge in [-0.1, -0.05) is 52.3 Å². The van der Waals surface area contributed by atoms with Crippen LogP contribution in [-0.2, 0) is 10.5 Å². The van der Waals surface area contributed by atoms with Crippen molar-refractivity contribution in [3.05, 3.63) is 42.1 Å². The molecule has 3 heteroatoms. The molecule has 0 radical (unpaired) electrons. The number of ether oxygens (including phenoxy) is 1. The maximum absolute atomic E-state index is 5.23. The highest BCUT2D eigenvalue weighted by Gasteiger charge is 2.01. The van der Waals surface area contributed by atoms with Gasteiger partial charge in [0, 0.05) is 24.4 Å². The topological polar surface area (TPSA) is 22.1 Å². The molecule has 0 N–H and O–H groups in total. The van der Waals surface area contributed by atoms with Crippen LogP contribution in [0.25, 0.3) is 10.9 Å². The van der Waals surface area contributed by atoms with E-state index in [4.69, 9.17) is 4.74 Å². The molecule has 0 unspecified atom stereocenters. The number of pyridine rings is 1. The van der Waals surface area contributed by atoms with E-state index in [1.807, 2.05) is 43.9 Å². The Morgan fingerprint density at radius 1 is 1.17 bits per heavy atom. The van der Waals surface area contributed by atoms with Crippen LogP contribution in [0, 0.1) is 0 Å². The first-order valence-corrected chi connectivity index (χ1v) is 9.80. The van der Waals surface area contributed by atoms with E-state index in [1.165, 1.54) is 17.4 Å². The number of benzene rings is 1. The zero-order valence-corrected chi connectivity index (χ0v) is 16.5. The van der Waals surface area contributed by atoms with Crippen molar-refractivity contribution >= 4 is 22.7 Å². The lowest BCUT2D eigenvalue weighted by Gasteiger charge is -2.08. The summed E-state index contributed by atoms with van der Waals surface area (Å²) in [6, 6.07) is 10.5. The molecule has 1 aromatic heterocycles. The lowest BCUT2D eigenvalue weighted by molar-refractivity contribution is 0.116. The predicted molar refractivity (Wildman–Crippen MR) is 106 cm³/mol. The van der Waals surface area contributed by atoms with Crippen LogP contribution in [0.2, 0.25) is 0 Å². The van der Waals surface area contributed by atoms with Crippen molar-refractivity contribution in [3.8, 4) is 0 Å². The van der Waals surface area contributed by atoms with Crippen LogP contribution in [0.4, 0.5) is 0 Å². The van der Waals surface area contributed by atoms with E-state index in [1.54, 1.807) is 7.11 Å². The molecule has 1 atom stereocenters. The molecular weight excluding hydrogens is 302 g/mol. The number of para-hydroxylation sites is 1. The molecule has 130 valence electrons. The van der Waals surface area contributed by atoms with Gasteiger partial charge in [0.05, 0.1) is 11.6 Å². The molecule has 1 heterocycles. The summed E-state index contributed by atoms with van der Waals surface area (Å²) in [6.07, 6.45) is 4.68. The van der Waals surface area contributed by atoms with Gasteiger partial charge < -0.3 is 4.74 Å². The summed E-state index contributed by atoms with van der Waals surface area (Å²) in [5.41, 5.74) is 2.36. The Bertz CT molecular complexity index is 516. The number of hydrogen-bond donors (Lipinski definition) is 0. The lowest BCUT2D eigenvalue weighted by atomic mass is 10.2. The molecule has 0 saturated carbocycles. The van der Waals surface area contributed by atoms with Gasteiger partial charge in [0.1, 0.15) is 0 Å². The van der Waals surface area contributed by atoms with E-state index in [9.17, 15) is 0 Å². The molecule has 0 aliphatic rings. The van der Waals surface area contributed by atoms with E-state index in [2.05, 4.69) is 44.0 Å². The van der Waals surface area contributed by atoms with Crippen LogP contribution in [0.3, 0.4) is 0 Å². The third-order valence-corrected chi connectivity index (χ3v) is 4.05. The zero-order valence-electron chi connectivity index (χ0n) is 15.6. The highest BCUT2D eigenvalue weighted by molar-refractivity contribution is 7.98. The Hall–Kier alpha value is -1.06. The smallest absolute Gasteiger partial charge is 0.0702 e. The molecule has 0 spiro atoms. The van der Waals surface area contributed by atoms with Crippen molar-refractivity contribution in [3.63, 3.8) is 0 Å². The zero-order chi connectivity index (χ0) is 17.5. The van der Waals surface area contributed by atoms with Gasteiger partial charge in [-0.05, 0) is 36.8 Å². The molecule has 2 rings (SSSR count). The Labute approximate surface area is 147 Å². The molecular formula is C20H33NOS. The quantitative estimate of drug-likeness (QED) is 0.575. The molecule has 0 fully saturated rings. The molecule has 1 aromatic carbocycles. The van der Waals surface area contributed by atoms with E-state index in [0.717, 1.165) is 23.4 Å². The van der Waals surface area contributed by atoms with Gasteiger partial charge in [0.25, 0.3) is 0 Å². The second-order valence-corrected chi connectivity index (χ2v) is 6.24. The van der Waals surface area contributed by atoms with Gasteiger partial charge in [0.2, 0.25) is 0 Å². The number of nitrogens with zero attached hydrogens (tertiary/aromatic N) is 1. The maximum atomic E-state index is 5.23. The van der Waals surface area contributed by atoms with Crippen molar-refractivity contribution in [2.24, 2.45) is 0 Å². The predicted octanol–water partition coefficient (Wildman–Crippen LogP) is 6.34. The van der Waals surface area contributed by atoms with Gasteiger partial charge >= 0.3 is 0 Å². The molecule has 2 aromatic rings. The Morgan fingerprint density at radius 2 is 1.83 bits per heavy atom. The number of hydrogen-bond acceptors (Lipinski definition) is 3. The fourth-order valence-electron chi connectivity index (χ4n) is 1.75. The average Bonchev–Trinajstić information content (AvgIpc) is 2.60.